The summed E-state index contributed by atoms with van der Waals surface area (Å²) in [6, 6.07) is 0. The van der Waals surface area contributed by atoms with Crippen LogP contribution in [0.25, 0.3) is 0 Å². The quantitative estimate of drug-likeness (QED) is 0.0774. The number of rotatable bonds is 27. The molecule has 35 heavy (non-hydrogen) atoms. The molecule has 0 radical (unpaired) electrons. The fourth-order valence-electron chi connectivity index (χ4n) is 4.91. The van der Waals surface area contributed by atoms with Crippen LogP contribution in [0, 0.1) is 0 Å². The molecular formula is C30H67N3OTi. The van der Waals surface area contributed by atoms with Crippen LogP contribution in [-0.4, -0.2) is 56.0 Å². The Balaban J connectivity index is 6.57. The van der Waals surface area contributed by atoms with Gasteiger partial charge in [0, 0.05) is 0 Å². The summed E-state index contributed by atoms with van der Waals surface area (Å²) in [6.07, 6.45) is 20.5. The molecule has 0 atom stereocenters. The van der Waals surface area contributed by atoms with E-state index in [4.69, 9.17) is 3.32 Å². The van der Waals surface area contributed by atoms with E-state index in [9.17, 15) is 0 Å². The van der Waals surface area contributed by atoms with Gasteiger partial charge >= 0.3 is 228 Å². The Kier molecular flexibility index (Phi) is 25.3. The predicted molar refractivity (Wildman–Crippen MR) is 154 cm³/mol. The molecule has 0 aromatic rings. The van der Waals surface area contributed by atoms with Crippen molar-refractivity contribution >= 4 is 0 Å². The van der Waals surface area contributed by atoms with E-state index in [0.29, 0.717) is 0 Å². The summed E-state index contributed by atoms with van der Waals surface area (Å²) in [5.41, 5.74) is 0. The fourth-order valence-corrected chi connectivity index (χ4v) is 12.5. The molecule has 0 heterocycles. The number of unbranched alkanes of at least 4 members (excludes halogenated alkanes) is 9. The van der Waals surface area contributed by atoms with Crippen molar-refractivity contribution < 1.29 is 21.1 Å². The van der Waals surface area contributed by atoms with Gasteiger partial charge in [0.15, 0.2) is 0 Å². The normalized spacial score (nSPS) is 12.5. The van der Waals surface area contributed by atoms with Gasteiger partial charge in [0.05, 0.1) is 0 Å². The zero-order chi connectivity index (χ0) is 26.2. The van der Waals surface area contributed by atoms with Crippen LogP contribution in [0.3, 0.4) is 0 Å². The van der Waals surface area contributed by atoms with Gasteiger partial charge in [-0.25, -0.2) is 0 Å². The van der Waals surface area contributed by atoms with Gasteiger partial charge in [0.25, 0.3) is 0 Å². The van der Waals surface area contributed by atoms with Crippen LogP contribution in [0.5, 0.6) is 0 Å². The maximum atomic E-state index is 7.51. The van der Waals surface area contributed by atoms with Crippen LogP contribution < -0.4 is 0 Å². The first-order valence-corrected chi connectivity index (χ1v) is 18.7. The van der Waals surface area contributed by atoms with Crippen LogP contribution in [0.1, 0.15) is 151 Å². The molecule has 0 amide bonds. The van der Waals surface area contributed by atoms with Crippen LogP contribution in [-0.2, 0) is 21.1 Å². The van der Waals surface area contributed by atoms with Crippen LogP contribution >= 0.6 is 0 Å². The average molecular weight is 534 g/mol. The van der Waals surface area contributed by atoms with Crippen molar-refractivity contribution in [2.45, 2.75) is 151 Å². The zero-order valence-corrected chi connectivity index (χ0v) is 27.1. The summed E-state index contributed by atoms with van der Waals surface area (Å²) in [5.74, 6) is 0. The van der Waals surface area contributed by atoms with Crippen molar-refractivity contribution in [3.63, 3.8) is 0 Å². The predicted octanol–water partition coefficient (Wildman–Crippen LogP) is 9.10. The van der Waals surface area contributed by atoms with Gasteiger partial charge in [-0.05, 0) is 0 Å². The van der Waals surface area contributed by atoms with E-state index in [-0.39, 0.29) is 0 Å². The summed E-state index contributed by atoms with van der Waals surface area (Å²) in [4.78, 5) is 0. The minimum atomic E-state index is -3.19. The standard InChI is InChI=1S/3C8H18N.C6H13O.Ti/c3*1-3-5-7-9-8-6-4-2;1-2-3-4-5-6-7;/h3*3-8H2,1-2H3;2-6H2,1H3;/q4*-1;+4. The molecule has 0 rings (SSSR count). The van der Waals surface area contributed by atoms with Crippen LogP contribution in [0.15, 0.2) is 0 Å². The third kappa shape index (κ3) is 14.3. The number of hydrogen-bond acceptors (Lipinski definition) is 4. The molecule has 0 aromatic carbocycles. The third-order valence-corrected chi connectivity index (χ3v) is 14.1. The van der Waals surface area contributed by atoms with Crippen molar-refractivity contribution in [2.75, 3.05) is 45.9 Å². The molecule has 0 N–H and O–H groups in total. The molecule has 0 aromatic heterocycles. The first-order chi connectivity index (χ1) is 17.1. The van der Waals surface area contributed by atoms with Crippen molar-refractivity contribution in [2.24, 2.45) is 0 Å². The number of nitrogens with zero attached hydrogens (tertiary/aromatic N) is 3. The van der Waals surface area contributed by atoms with Gasteiger partial charge in [0.2, 0.25) is 0 Å². The Morgan fingerprint density at radius 2 is 0.657 bits per heavy atom. The Morgan fingerprint density at radius 1 is 0.371 bits per heavy atom. The van der Waals surface area contributed by atoms with E-state index in [1.165, 1.54) is 142 Å². The molecule has 0 saturated carbocycles. The third-order valence-electron chi connectivity index (χ3n) is 7.22. The molecule has 0 spiro atoms. The molecule has 0 bridgehead atoms. The Bertz CT molecular complexity index is 364. The molecule has 0 aliphatic carbocycles. The van der Waals surface area contributed by atoms with E-state index in [0.717, 1.165) is 6.61 Å². The van der Waals surface area contributed by atoms with Crippen LogP contribution in [0.2, 0.25) is 0 Å². The summed E-state index contributed by atoms with van der Waals surface area (Å²) < 4.78 is 16.4. The molecule has 0 aliphatic rings. The zero-order valence-electron chi connectivity index (χ0n) is 25.5. The van der Waals surface area contributed by atoms with Crippen molar-refractivity contribution in [3.8, 4) is 0 Å². The maximum absolute atomic E-state index is 7.51. The minimum absolute atomic E-state index is 0.957. The second-order valence-electron chi connectivity index (χ2n) is 10.6. The van der Waals surface area contributed by atoms with Gasteiger partial charge in [0.1, 0.15) is 0 Å². The topological polar surface area (TPSA) is 19.0 Å². The summed E-state index contributed by atoms with van der Waals surface area (Å²) >= 11 is -3.19. The number of hydrogen-bond donors (Lipinski definition) is 0. The summed E-state index contributed by atoms with van der Waals surface area (Å²) in [6.45, 7) is 24.7. The molecular weight excluding hydrogens is 466 g/mol. The molecule has 0 aliphatic heterocycles. The molecule has 0 fully saturated rings. The van der Waals surface area contributed by atoms with E-state index >= 15 is 0 Å². The molecule has 4 nitrogen and oxygen atoms in total. The van der Waals surface area contributed by atoms with Gasteiger partial charge in [-0.2, -0.15) is 0 Å². The van der Waals surface area contributed by atoms with Crippen molar-refractivity contribution in [1.82, 2.24) is 10.1 Å². The Hall–Kier alpha value is 0.554. The van der Waals surface area contributed by atoms with E-state index < -0.39 is 17.7 Å². The average Bonchev–Trinajstić information content (AvgIpc) is 2.87. The molecule has 0 saturated heterocycles. The molecule has 212 valence electrons. The first-order valence-electron chi connectivity index (χ1n) is 16.0. The van der Waals surface area contributed by atoms with E-state index in [2.05, 4.69) is 58.6 Å². The SMILES string of the molecule is CCCCCC[O][Ti]([N](CCCC)CCCC)([N](CCCC)CCCC)[N](CCCC)CCCC. The van der Waals surface area contributed by atoms with Gasteiger partial charge in [-0.15, -0.1) is 0 Å². The van der Waals surface area contributed by atoms with Gasteiger partial charge < -0.3 is 0 Å². The monoisotopic (exact) mass is 533 g/mol. The van der Waals surface area contributed by atoms with Gasteiger partial charge in [-0.3, -0.25) is 0 Å². The first kappa shape index (κ1) is 35.6. The molecule has 0 unspecified atom stereocenters. The van der Waals surface area contributed by atoms with E-state index in [1.54, 1.807) is 0 Å². The van der Waals surface area contributed by atoms with Crippen LogP contribution in [0.4, 0.5) is 0 Å². The van der Waals surface area contributed by atoms with Crippen molar-refractivity contribution in [1.29, 1.82) is 0 Å². The second kappa shape index (κ2) is 24.9. The Labute approximate surface area is 227 Å². The second-order valence-corrected chi connectivity index (χ2v) is 15.8. The van der Waals surface area contributed by atoms with Crippen molar-refractivity contribution in [3.05, 3.63) is 0 Å². The van der Waals surface area contributed by atoms with E-state index in [1.807, 2.05) is 0 Å². The summed E-state index contributed by atoms with van der Waals surface area (Å²) in [7, 11) is 0. The molecule has 5 heteroatoms. The summed E-state index contributed by atoms with van der Waals surface area (Å²) in [5, 5.41) is 0. The van der Waals surface area contributed by atoms with Gasteiger partial charge in [-0.1, -0.05) is 0 Å². The Morgan fingerprint density at radius 3 is 0.914 bits per heavy atom. The fraction of sp³-hybridized carbons (Fsp3) is 1.00.